The van der Waals surface area contributed by atoms with Crippen LogP contribution in [0.5, 0.6) is 0 Å². The Morgan fingerprint density at radius 3 is 2.87 bits per heavy atom. The van der Waals surface area contributed by atoms with E-state index in [9.17, 15) is 4.39 Å². The molecule has 2 heterocycles. The van der Waals surface area contributed by atoms with Crippen molar-refractivity contribution in [3.63, 3.8) is 0 Å². The van der Waals surface area contributed by atoms with Crippen molar-refractivity contribution in [2.75, 3.05) is 19.7 Å². The van der Waals surface area contributed by atoms with Gasteiger partial charge in [-0.25, -0.2) is 4.39 Å². The Kier molecular flexibility index (Phi) is 5.03. The van der Waals surface area contributed by atoms with Crippen LogP contribution in [0.25, 0.3) is 0 Å². The first-order valence-corrected chi connectivity index (χ1v) is 8.11. The number of aromatic nitrogens is 2. The average molecular weight is 319 g/mol. The molecular formula is C17H22FN3O2. The van der Waals surface area contributed by atoms with Gasteiger partial charge >= 0.3 is 0 Å². The van der Waals surface area contributed by atoms with Crippen molar-refractivity contribution in [1.82, 2.24) is 15.0 Å². The van der Waals surface area contributed by atoms with Crippen LogP contribution in [0.4, 0.5) is 4.39 Å². The van der Waals surface area contributed by atoms with Gasteiger partial charge in [0.1, 0.15) is 5.82 Å². The highest BCUT2D eigenvalue weighted by Crippen LogP contribution is 2.28. The summed E-state index contributed by atoms with van der Waals surface area (Å²) in [6.07, 6.45) is 1.76. The molecule has 0 unspecified atom stereocenters. The smallest absolute Gasteiger partial charge is 0.243 e. The first kappa shape index (κ1) is 16.1. The predicted octanol–water partition coefficient (Wildman–Crippen LogP) is 3.30. The highest BCUT2D eigenvalue weighted by molar-refractivity contribution is 5.19. The molecule has 0 bridgehead atoms. The fourth-order valence-corrected chi connectivity index (χ4v) is 2.82. The van der Waals surface area contributed by atoms with E-state index in [1.807, 2.05) is 0 Å². The lowest BCUT2D eigenvalue weighted by molar-refractivity contribution is -0.0469. The van der Waals surface area contributed by atoms with Gasteiger partial charge in [-0.3, -0.25) is 4.90 Å². The number of hydrogen-bond acceptors (Lipinski definition) is 5. The molecule has 6 heteroatoms. The van der Waals surface area contributed by atoms with Crippen molar-refractivity contribution < 1.29 is 13.7 Å². The Morgan fingerprint density at radius 1 is 1.35 bits per heavy atom. The lowest BCUT2D eigenvalue weighted by Crippen LogP contribution is -2.40. The Morgan fingerprint density at radius 2 is 2.13 bits per heavy atom. The Hall–Kier alpha value is -1.79. The zero-order valence-corrected chi connectivity index (χ0v) is 13.5. The fraction of sp³-hybridized carbons (Fsp3) is 0.529. The van der Waals surface area contributed by atoms with Gasteiger partial charge in [0.2, 0.25) is 5.89 Å². The molecule has 124 valence electrons. The second-order valence-electron chi connectivity index (χ2n) is 5.88. The zero-order valence-electron chi connectivity index (χ0n) is 13.5. The van der Waals surface area contributed by atoms with Gasteiger partial charge in [-0.2, -0.15) is 4.98 Å². The van der Waals surface area contributed by atoms with Crippen molar-refractivity contribution >= 4 is 0 Å². The highest BCUT2D eigenvalue weighted by atomic mass is 19.1. The van der Waals surface area contributed by atoms with E-state index in [2.05, 4.69) is 28.9 Å². The summed E-state index contributed by atoms with van der Waals surface area (Å²) in [5.41, 5.74) is 0.987. The molecule has 0 spiro atoms. The molecule has 0 aliphatic carbocycles. The van der Waals surface area contributed by atoms with Gasteiger partial charge in [-0.15, -0.1) is 0 Å². The minimum Gasteiger partial charge on any atom is -0.371 e. The molecule has 0 amide bonds. The summed E-state index contributed by atoms with van der Waals surface area (Å²) < 4.78 is 24.3. The molecule has 1 aromatic carbocycles. The van der Waals surface area contributed by atoms with Gasteiger partial charge in [0.25, 0.3) is 0 Å². The second kappa shape index (κ2) is 7.19. The summed E-state index contributed by atoms with van der Waals surface area (Å²) in [7, 11) is 0. The lowest BCUT2D eigenvalue weighted by atomic mass is 10.1. The number of ether oxygens (including phenoxy) is 1. The topological polar surface area (TPSA) is 51.4 Å². The average Bonchev–Trinajstić information content (AvgIpc) is 3.04. The molecule has 0 N–H and O–H groups in total. The van der Waals surface area contributed by atoms with Gasteiger partial charge in [-0.1, -0.05) is 24.2 Å². The van der Waals surface area contributed by atoms with Crippen molar-refractivity contribution in [2.24, 2.45) is 0 Å². The number of halogens is 1. The van der Waals surface area contributed by atoms with E-state index in [4.69, 9.17) is 9.26 Å². The summed E-state index contributed by atoms with van der Waals surface area (Å²) >= 11 is 0. The molecule has 2 aromatic rings. The predicted molar refractivity (Wildman–Crippen MR) is 83.4 cm³/mol. The molecule has 3 rings (SSSR count). The van der Waals surface area contributed by atoms with Crippen molar-refractivity contribution in [3.05, 3.63) is 47.4 Å². The van der Waals surface area contributed by atoms with Crippen molar-refractivity contribution in [3.8, 4) is 0 Å². The third-order valence-corrected chi connectivity index (χ3v) is 4.20. The molecule has 1 aromatic heterocycles. The van der Waals surface area contributed by atoms with Crippen LogP contribution in [0, 0.1) is 5.82 Å². The number of hydrogen-bond donors (Lipinski definition) is 0. The number of morpholine rings is 1. The van der Waals surface area contributed by atoms with Gasteiger partial charge < -0.3 is 9.26 Å². The molecule has 1 saturated heterocycles. The minimum absolute atomic E-state index is 0.0416. The standard InChI is InChI=1S/C17H22FN3O2/c1-3-4-16-19-17(23-20-16)12(2)21-9-10-22-15(11-21)13-5-7-14(18)8-6-13/h5-8,12,15H,3-4,9-11H2,1-2H3/t12-,15-/m1/s1. The molecule has 1 aliphatic rings. The molecule has 1 fully saturated rings. The fourth-order valence-electron chi connectivity index (χ4n) is 2.82. The molecule has 0 radical (unpaired) electrons. The van der Waals surface area contributed by atoms with Crippen LogP contribution in [-0.4, -0.2) is 34.7 Å². The first-order chi connectivity index (χ1) is 11.2. The largest absolute Gasteiger partial charge is 0.371 e. The van der Waals surface area contributed by atoms with Crippen LogP contribution in [-0.2, 0) is 11.2 Å². The van der Waals surface area contributed by atoms with Gasteiger partial charge in [-0.05, 0) is 31.0 Å². The van der Waals surface area contributed by atoms with Crippen molar-refractivity contribution in [2.45, 2.75) is 38.8 Å². The summed E-state index contributed by atoms with van der Waals surface area (Å²) in [5, 5.41) is 4.02. The van der Waals surface area contributed by atoms with Crippen molar-refractivity contribution in [1.29, 1.82) is 0 Å². The minimum atomic E-state index is -0.232. The van der Waals surface area contributed by atoms with Gasteiger partial charge in [0.05, 0.1) is 18.8 Å². The summed E-state index contributed by atoms with van der Waals surface area (Å²) in [6.45, 7) is 6.32. The maximum absolute atomic E-state index is 13.1. The van der Waals surface area contributed by atoms with E-state index >= 15 is 0 Å². The Balaban J connectivity index is 1.68. The maximum Gasteiger partial charge on any atom is 0.243 e. The van der Waals surface area contributed by atoms with Crippen LogP contribution in [0.15, 0.2) is 28.8 Å². The van der Waals surface area contributed by atoms with Gasteiger partial charge in [0.15, 0.2) is 5.82 Å². The number of aryl methyl sites for hydroxylation is 1. The van der Waals surface area contributed by atoms with E-state index in [1.165, 1.54) is 12.1 Å². The maximum atomic E-state index is 13.1. The molecule has 5 nitrogen and oxygen atoms in total. The summed E-state index contributed by atoms with van der Waals surface area (Å²) in [5.74, 6) is 1.18. The highest BCUT2D eigenvalue weighted by Gasteiger charge is 2.28. The van der Waals surface area contributed by atoms with Gasteiger partial charge in [0, 0.05) is 19.5 Å². The molecular weight excluding hydrogens is 297 g/mol. The van der Waals surface area contributed by atoms with Crippen LogP contribution < -0.4 is 0 Å². The molecule has 2 atom stereocenters. The quantitative estimate of drug-likeness (QED) is 0.846. The first-order valence-electron chi connectivity index (χ1n) is 8.11. The third kappa shape index (κ3) is 3.76. The summed E-state index contributed by atoms with van der Waals surface area (Å²) in [4.78, 5) is 6.74. The third-order valence-electron chi connectivity index (χ3n) is 4.20. The number of rotatable bonds is 5. The van der Waals surface area contributed by atoms with E-state index in [1.54, 1.807) is 12.1 Å². The molecule has 23 heavy (non-hydrogen) atoms. The van der Waals surface area contributed by atoms with Crippen LogP contribution in [0.1, 0.15) is 49.7 Å². The zero-order chi connectivity index (χ0) is 16.2. The van der Waals surface area contributed by atoms with E-state index in [0.29, 0.717) is 12.5 Å². The SMILES string of the molecule is CCCc1noc([C@@H](C)N2CCO[C@@H](c3ccc(F)cc3)C2)n1. The normalized spacial score (nSPS) is 20.6. The van der Waals surface area contributed by atoms with E-state index in [0.717, 1.165) is 37.3 Å². The number of nitrogens with zero attached hydrogens (tertiary/aromatic N) is 3. The number of benzene rings is 1. The lowest BCUT2D eigenvalue weighted by Gasteiger charge is -2.35. The summed E-state index contributed by atoms with van der Waals surface area (Å²) in [6, 6.07) is 6.53. The van der Waals surface area contributed by atoms with E-state index < -0.39 is 0 Å². The van der Waals surface area contributed by atoms with Crippen LogP contribution >= 0.6 is 0 Å². The molecule has 0 saturated carbocycles. The Bertz CT molecular complexity index is 629. The van der Waals surface area contributed by atoms with Crippen LogP contribution in [0.3, 0.4) is 0 Å². The monoisotopic (exact) mass is 319 g/mol. The Labute approximate surface area is 135 Å². The van der Waals surface area contributed by atoms with Crippen LogP contribution in [0.2, 0.25) is 0 Å². The van der Waals surface area contributed by atoms with E-state index in [-0.39, 0.29) is 18.0 Å². The second-order valence-corrected chi connectivity index (χ2v) is 5.88. The molecule has 1 aliphatic heterocycles.